The van der Waals surface area contributed by atoms with Crippen molar-refractivity contribution < 1.29 is 18.7 Å². The van der Waals surface area contributed by atoms with Crippen molar-refractivity contribution in [2.45, 2.75) is 19.9 Å². The molecule has 0 fully saturated rings. The lowest BCUT2D eigenvalue weighted by Crippen LogP contribution is -2.24. The summed E-state index contributed by atoms with van der Waals surface area (Å²) in [6, 6.07) is 15.2. The highest BCUT2D eigenvalue weighted by atomic mass is 16.5. The molecule has 27 heavy (non-hydrogen) atoms. The molecule has 1 aromatic heterocycles. The Bertz CT molecular complexity index is 919. The molecule has 0 atom stereocenters. The molecule has 1 amide bonds. The Balaban J connectivity index is 1.61. The lowest BCUT2D eigenvalue weighted by Gasteiger charge is -2.09. The molecule has 0 saturated carbocycles. The van der Waals surface area contributed by atoms with Gasteiger partial charge < -0.3 is 19.2 Å². The fraction of sp³-hybridized carbons (Fsp3) is 0.238. The summed E-state index contributed by atoms with van der Waals surface area (Å²) in [5.74, 6) is 2.31. The van der Waals surface area contributed by atoms with Gasteiger partial charge in [-0.25, -0.2) is 4.98 Å². The lowest BCUT2D eigenvalue weighted by atomic mass is 10.1. The van der Waals surface area contributed by atoms with Crippen molar-refractivity contribution in [2.75, 3.05) is 14.2 Å². The quantitative estimate of drug-likeness (QED) is 0.692. The summed E-state index contributed by atoms with van der Waals surface area (Å²) in [5, 5.41) is 2.84. The molecule has 6 nitrogen and oxygen atoms in total. The predicted molar refractivity (Wildman–Crippen MR) is 102 cm³/mol. The van der Waals surface area contributed by atoms with E-state index in [1.165, 1.54) is 0 Å². The van der Waals surface area contributed by atoms with Gasteiger partial charge in [-0.3, -0.25) is 4.79 Å². The normalized spacial score (nSPS) is 10.5. The van der Waals surface area contributed by atoms with E-state index in [1.54, 1.807) is 26.4 Å². The van der Waals surface area contributed by atoms with Crippen LogP contribution in [0.4, 0.5) is 0 Å². The van der Waals surface area contributed by atoms with Gasteiger partial charge in [0.15, 0.2) is 11.5 Å². The predicted octanol–water partition coefficient (Wildman–Crippen LogP) is 3.53. The second kappa shape index (κ2) is 8.40. The molecule has 0 radical (unpaired) electrons. The molecule has 1 heterocycles. The minimum absolute atomic E-state index is 0.126. The molecule has 3 rings (SSSR count). The van der Waals surface area contributed by atoms with Gasteiger partial charge in [-0.15, -0.1) is 0 Å². The molecule has 0 aliphatic rings. The average Bonchev–Trinajstić information content (AvgIpc) is 3.07. The summed E-state index contributed by atoms with van der Waals surface area (Å²) in [6.07, 6.45) is 0.228. The highest BCUT2D eigenvalue weighted by molar-refractivity contribution is 5.78. The fourth-order valence-electron chi connectivity index (χ4n) is 2.80. The Hall–Kier alpha value is -3.28. The maximum Gasteiger partial charge on any atom is 0.224 e. The molecule has 1 N–H and O–H groups in total. The van der Waals surface area contributed by atoms with Gasteiger partial charge in [-0.05, 0) is 24.6 Å². The van der Waals surface area contributed by atoms with Crippen molar-refractivity contribution in [3.63, 3.8) is 0 Å². The third-order valence-electron chi connectivity index (χ3n) is 4.14. The van der Waals surface area contributed by atoms with Crippen LogP contribution in [0.15, 0.2) is 52.9 Å². The van der Waals surface area contributed by atoms with E-state index in [2.05, 4.69) is 10.3 Å². The Kier molecular flexibility index (Phi) is 5.76. The SMILES string of the molecule is COc1ccc(CC(=O)NCc2nc(-c3ccccc3)c(C)o2)cc1OC. The van der Waals surface area contributed by atoms with E-state index in [9.17, 15) is 4.79 Å². The number of nitrogens with one attached hydrogen (secondary N) is 1. The van der Waals surface area contributed by atoms with Crippen molar-refractivity contribution >= 4 is 5.91 Å². The molecular formula is C21H22N2O4. The largest absolute Gasteiger partial charge is 0.493 e. The number of aryl methyl sites for hydroxylation is 1. The Labute approximate surface area is 158 Å². The van der Waals surface area contributed by atoms with Gasteiger partial charge in [0.05, 0.1) is 27.2 Å². The number of aromatic nitrogens is 1. The summed E-state index contributed by atoms with van der Waals surface area (Å²) < 4.78 is 16.1. The molecule has 0 bridgehead atoms. The van der Waals surface area contributed by atoms with Gasteiger partial charge in [0.25, 0.3) is 0 Å². The molecule has 0 aliphatic carbocycles. The number of amides is 1. The van der Waals surface area contributed by atoms with E-state index in [0.29, 0.717) is 17.4 Å². The zero-order valence-electron chi connectivity index (χ0n) is 15.6. The molecular weight excluding hydrogens is 344 g/mol. The Morgan fingerprint density at radius 3 is 2.52 bits per heavy atom. The maximum absolute atomic E-state index is 12.2. The number of hydrogen-bond donors (Lipinski definition) is 1. The smallest absolute Gasteiger partial charge is 0.224 e. The molecule has 6 heteroatoms. The topological polar surface area (TPSA) is 73.6 Å². The van der Waals surface area contributed by atoms with Gasteiger partial charge in [-0.2, -0.15) is 0 Å². The van der Waals surface area contributed by atoms with E-state index in [-0.39, 0.29) is 18.9 Å². The van der Waals surface area contributed by atoms with Gasteiger partial charge in [0, 0.05) is 5.56 Å². The first-order valence-corrected chi connectivity index (χ1v) is 8.60. The van der Waals surface area contributed by atoms with Crippen LogP contribution < -0.4 is 14.8 Å². The summed E-state index contributed by atoms with van der Waals surface area (Å²) in [4.78, 5) is 16.7. The molecule has 140 valence electrons. The monoisotopic (exact) mass is 366 g/mol. The number of ether oxygens (including phenoxy) is 2. The highest BCUT2D eigenvalue weighted by Gasteiger charge is 2.13. The Morgan fingerprint density at radius 2 is 1.81 bits per heavy atom. The zero-order valence-corrected chi connectivity index (χ0v) is 15.6. The first-order valence-electron chi connectivity index (χ1n) is 8.60. The van der Waals surface area contributed by atoms with Crippen LogP contribution in [0.2, 0.25) is 0 Å². The van der Waals surface area contributed by atoms with Crippen molar-refractivity contribution in [3.8, 4) is 22.8 Å². The van der Waals surface area contributed by atoms with Crippen molar-refractivity contribution in [1.29, 1.82) is 0 Å². The summed E-state index contributed by atoms with van der Waals surface area (Å²) >= 11 is 0. The fourth-order valence-corrected chi connectivity index (χ4v) is 2.80. The number of nitrogens with zero attached hydrogens (tertiary/aromatic N) is 1. The number of rotatable bonds is 7. The minimum Gasteiger partial charge on any atom is -0.493 e. The van der Waals surface area contributed by atoms with Crippen LogP contribution >= 0.6 is 0 Å². The third kappa shape index (κ3) is 4.47. The van der Waals surface area contributed by atoms with Crippen LogP contribution in [0.25, 0.3) is 11.3 Å². The van der Waals surface area contributed by atoms with Crippen molar-refractivity contribution in [2.24, 2.45) is 0 Å². The van der Waals surface area contributed by atoms with Crippen LogP contribution in [-0.2, 0) is 17.8 Å². The number of carbonyl (C=O) groups is 1. The Morgan fingerprint density at radius 1 is 1.07 bits per heavy atom. The molecule has 2 aromatic carbocycles. The summed E-state index contributed by atoms with van der Waals surface area (Å²) in [7, 11) is 3.14. The molecule has 0 unspecified atom stereocenters. The van der Waals surface area contributed by atoms with Crippen LogP contribution in [-0.4, -0.2) is 25.1 Å². The number of oxazole rings is 1. The number of hydrogen-bond acceptors (Lipinski definition) is 5. The van der Waals surface area contributed by atoms with Crippen molar-refractivity contribution in [3.05, 3.63) is 65.7 Å². The van der Waals surface area contributed by atoms with Crippen LogP contribution in [0, 0.1) is 6.92 Å². The van der Waals surface area contributed by atoms with Crippen LogP contribution in [0.3, 0.4) is 0 Å². The van der Waals surface area contributed by atoms with Crippen LogP contribution in [0.1, 0.15) is 17.2 Å². The third-order valence-corrected chi connectivity index (χ3v) is 4.14. The second-order valence-corrected chi connectivity index (χ2v) is 6.02. The maximum atomic E-state index is 12.2. The molecule has 0 saturated heterocycles. The average molecular weight is 366 g/mol. The van der Waals surface area contributed by atoms with Gasteiger partial charge in [0.1, 0.15) is 11.5 Å². The highest BCUT2D eigenvalue weighted by Crippen LogP contribution is 2.27. The lowest BCUT2D eigenvalue weighted by molar-refractivity contribution is -0.120. The first-order chi connectivity index (χ1) is 13.1. The summed E-state index contributed by atoms with van der Waals surface area (Å²) in [5.41, 5.74) is 2.61. The van der Waals surface area contributed by atoms with Gasteiger partial charge in [0.2, 0.25) is 11.8 Å². The van der Waals surface area contributed by atoms with E-state index in [4.69, 9.17) is 13.9 Å². The number of carbonyl (C=O) groups excluding carboxylic acids is 1. The van der Waals surface area contributed by atoms with Gasteiger partial charge >= 0.3 is 0 Å². The minimum atomic E-state index is -0.126. The number of benzene rings is 2. The molecule has 0 spiro atoms. The van der Waals surface area contributed by atoms with E-state index >= 15 is 0 Å². The number of methoxy groups -OCH3 is 2. The van der Waals surface area contributed by atoms with Crippen molar-refractivity contribution in [1.82, 2.24) is 10.3 Å². The van der Waals surface area contributed by atoms with Crippen LogP contribution in [0.5, 0.6) is 11.5 Å². The van der Waals surface area contributed by atoms with E-state index < -0.39 is 0 Å². The molecule has 0 aliphatic heterocycles. The van der Waals surface area contributed by atoms with E-state index in [0.717, 1.165) is 22.6 Å². The first kappa shape index (κ1) is 18.5. The summed E-state index contributed by atoms with van der Waals surface area (Å²) in [6.45, 7) is 2.10. The molecule has 3 aromatic rings. The van der Waals surface area contributed by atoms with Gasteiger partial charge in [-0.1, -0.05) is 36.4 Å². The zero-order chi connectivity index (χ0) is 19.2. The standard InChI is InChI=1S/C21H22N2O4/c1-14-21(16-7-5-4-6-8-16)23-20(27-14)13-22-19(24)12-15-9-10-17(25-2)18(11-15)26-3/h4-11H,12-13H2,1-3H3,(H,22,24). The second-order valence-electron chi connectivity index (χ2n) is 6.02. The van der Waals surface area contributed by atoms with E-state index in [1.807, 2.05) is 43.3 Å².